The van der Waals surface area contributed by atoms with E-state index in [0.717, 1.165) is 18.2 Å². The van der Waals surface area contributed by atoms with Crippen LogP contribution in [0.15, 0.2) is 30.6 Å². The monoisotopic (exact) mass is 266 g/mol. The molecule has 0 unspecified atom stereocenters. The molecule has 0 aliphatic heterocycles. The zero-order chi connectivity index (χ0) is 13.8. The Balaban J connectivity index is 2.38. The number of nitrogens with one attached hydrogen (secondary N) is 1. The van der Waals surface area contributed by atoms with Crippen molar-refractivity contribution in [3.8, 4) is 11.1 Å². The van der Waals surface area contributed by atoms with Crippen molar-refractivity contribution in [2.75, 3.05) is 6.54 Å². The van der Waals surface area contributed by atoms with E-state index in [9.17, 15) is 13.2 Å². The summed E-state index contributed by atoms with van der Waals surface area (Å²) in [5.74, 6) is -3.08. The smallest absolute Gasteiger partial charge is 0.161 e. The molecule has 0 saturated carbocycles. The van der Waals surface area contributed by atoms with Gasteiger partial charge >= 0.3 is 0 Å². The predicted octanol–water partition coefficient (Wildman–Crippen LogP) is 3.28. The summed E-state index contributed by atoms with van der Waals surface area (Å²) in [5.41, 5.74) is 1.28. The Morgan fingerprint density at radius 3 is 2.47 bits per heavy atom. The van der Waals surface area contributed by atoms with Crippen LogP contribution in [0, 0.1) is 17.5 Å². The van der Waals surface area contributed by atoms with E-state index in [1.54, 1.807) is 12.3 Å². The Labute approximate surface area is 109 Å². The third-order valence-electron chi connectivity index (χ3n) is 2.69. The lowest BCUT2D eigenvalue weighted by Gasteiger charge is -2.07. The molecule has 0 spiro atoms. The van der Waals surface area contributed by atoms with Crippen LogP contribution in [0.2, 0.25) is 0 Å². The van der Waals surface area contributed by atoms with Gasteiger partial charge in [-0.25, -0.2) is 13.2 Å². The van der Waals surface area contributed by atoms with Gasteiger partial charge in [0.2, 0.25) is 0 Å². The van der Waals surface area contributed by atoms with Gasteiger partial charge in [0.25, 0.3) is 0 Å². The zero-order valence-corrected chi connectivity index (χ0v) is 10.4. The lowest BCUT2D eigenvalue weighted by molar-refractivity contribution is 0.496. The van der Waals surface area contributed by atoms with Crippen molar-refractivity contribution in [1.29, 1.82) is 0 Å². The van der Waals surface area contributed by atoms with Crippen LogP contribution in [0.5, 0.6) is 0 Å². The summed E-state index contributed by atoms with van der Waals surface area (Å²) in [4.78, 5) is 3.98. The molecule has 0 amide bonds. The van der Waals surface area contributed by atoms with Crippen LogP contribution in [0.1, 0.15) is 12.5 Å². The van der Waals surface area contributed by atoms with Crippen LogP contribution in [-0.2, 0) is 6.54 Å². The number of aromatic nitrogens is 1. The largest absolute Gasteiger partial charge is 0.313 e. The molecule has 0 saturated heterocycles. The van der Waals surface area contributed by atoms with Crippen LogP contribution >= 0.6 is 0 Å². The van der Waals surface area contributed by atoms with Gasteiger partial charge in [-0.3, -0.25) is 4.98 Å². The molecule has 19 heavy (non-hydrogen) atoms. The summed E-state index contributed by atoms with van der Waals surface area (Å²) >= 11 is 0. The van der Waals surface area contributed by atoms with E-state index in [1.165, 1.54) is 6.20 Å². The molecule has 0 aliphatic carbocycles. The van der Waals surface area contributed by atoms with E-state index in [4.69, 9.17) is 0 Å². The molecule has 0 atom stereocenters. The minimum absolute atomic E-state index is 0.00440. The Kier molecular flexibility index (Phi) is 4.16. The molecule has 1 aromatic heterocycles. The highest BCUT2D eigenvalue weighted by molar-refractivity contribution is 5.63. The molecule has 2 aromatic rings. The van der Waals surface area contributed by atoms with Gasteiger partial charge in [0.05, 0.1) is 0 Å². The summed E-state index contributed by atoms with van der Waals surface area (Å²) in [6.07, 6.45) is 3.06. The van der Waals surface area contributed by atoms with Gasteiger partial charge in [0.1, 0.15) is 5.82 Å². The Morgan fingerprint density at radius 1 is 1.00 bits per heavy atom. The molecule has 2 nitrogen and oxygen atoms in total. The fourth-order valence-corrected chi connectivity index (χ4v) is 1.74. The van der Waals surface area contributed by atoms with Crippen molar-refractivity contribution in [3.05, 3.63) is 53.6 Å². The second-order valence-electron chi connectivity index (χ2n) is 4.11. The van der Waals surface area contributed by atoms with Gasteiger partial charge in [0, 0.05) is 36.1 Å². The maximum atomic E-state index is 13.6. The molecule has 1 N–H and O–H groups in total. The molecule has 0 aliphatic rings. The first-order valence-electron chi connectivity index (χ1n) is 5.91. The van der Waals surface area contributed by atoms with E-state index < -0.39 is 17.5 Å². The highest BCUT2D eigenvalue weighted by atomic mass is 19.2. The van der Waals surface area contributed by atoms with E-state index in [1.807, 2.05) is 6.92 Å². The van der Waals surface area contributed by atoms with Gasteiger partial charge in [-0.1, -0.05) is 6.92 Å². The van der Waals surface area contributed by atoms with E-state index in [-0.39, 0.29) is 5.56 Å². The van der Waals surface area contributed by atoms with Gasteiger partial charge in [0.15, 0.2) is 11.6 Å². The van der Waals surface area contributed by atoms with Crippen LogP contribution in [0.25, 0.3) is 11.1 Å². The molecule has 5 heteroatoms. The fourth-order valence-electron chi connectivity index (χ4n) is 1.74. The van der Waals surface area contributed by atoms with Gasteiger partial charge in [-0.15, -0.1) is 0 Å². The standard InChI is InChI=1S/C14H13F3N2/c1-2-18-6-9-3-10(8-19-7-9)11-4-13(16)14(17)5-12(11)15/h3-5,7-8,18H,2,6H2,1H3. The Hall–Kier alpha value is -1.88. The van der Waals surface area contributed by atoms with Gasteiger partial charge in [-0.05, 0) is 24.2 Å². The zero-order valence-electron chi connectivity index (χ0n) is 10.4. The fraction of sp³-hybridized carbons (Fsp3) is 0.214. The van der Waals surface area contributed by atoms with Crippen molar-refractivity contribution in [3.63, 3.8) is 0 Å². The predicted molar refractivity (Wildman–Crippen MR) is 66.9 cm³/mol. The number of nitrogens with zero attached hydrogens (tertiary/aromatic N) is 1. The molecule has 0 fully saturated rings. The van der Waals surface area contributed by atoms with Crippen molar-refractivity contribution in [1.82, 2.24) is 10.3 Å². The number of rotatable bonds is 4. The summed E-state index contributed by atoms with van der Waals surface area (Å²) < 4.78 is 39.7. The molecular formula is C14H13F3N2. The Morgan fingerprint density at radius 2 is 1.74 bits per heavy atom. The summed E-state index contributed by atoms with van der Waals surface area (Å²) in [7, 11) is 0. The average molecular weight is 266 g/mol. The molecule has 0 radical (unpaired) electrons. The number of hydrogen-bond donors (Lipinski definition) is 1. The molecule has 2 rings (SSSR count). The van der Waals surface area contributed by atoms with Crippen molar-refractivity contribution < 1.29 is 13.2 Å². The summed E-state index contributed by atoms with van der Waals surface area (Å²) in [6.45, 7) is 3.35. The molecule has 1 heterocycles. The topological polar surface area (TPSA) is 24.9 Å². The van der Waals surface area contributed by atoms with Crippen molar-refractivity contribution >= 4 is 0 Å². The van der Waals surface area contributed by atoms with Crippen molar-refractivity contribution in [2.45, 2.75) is 13.5 Å². The van der Waals surface area contributed by atoms with Crippen molar-refractivity contribution in [2.24, 2.45) is 0 Å². The lowest BCUT2D eigenvalue weighted by Crippen LogP contribution is -2.11. The number of pyridine rings is 1. The van der Waals surface area contributed by atoms with Gasteiger partial charge in [-0.2, -0.15) is 0 Å². The van der Waals surface area contributed by atoms with Crippen LogP contribution in [-0.4, -0.2) is 11.5 Å². The van der Waals surface area contributed by atoms with Crippen LogP contribution in [0.4, 0.5) is 13.2 Å². The van der Waals surface area contributed by atoms with Crippen LogP contribution < -0.4 is 5.32 Å². The number of benzene rings is 1. The maximum Gasteiger partial charge on any atom is 0.161 e. The number of hydrogen-bond acceptors (Lipinski definition) is 2. The first-order valence-corrected chi connectivity index (χ1v) is 5.91. The quantitative estimate of drug-likeness (QED) is 0.859. The minimum atomic E-state index is -1.20. The maximum absolute atomic E-state index is 13.6. The third-order valence-corrected chi connectivity index (χ3v) is 2.69. The second kappa shape index (κ2) is 5.84. The van der Waals surface area contributed by atoms with E-state index in [2.05, 4.69) is 10.3 Å². The minimum Gasteiger partial charge on any atom is -0.313 e. The SMILES string of the molecule is CCNCc1cncc(-c2cc(F)c(F)cc2F)c1. The highest BCUT2D eigenvalue weighted by Gasteiger charge is 2.12. The normalized spacial score (nSPS) is 10.7. The molecular weight excluding hydrogens is 253 g/mol. The first-order chi connectivity index (χ1) is 9.11. The first kappa shape index (κ1) is 13.5. The Bertz CT molecular complexity index is 585. The molecule has 1 aromatic carbocycles. The average Bonchev–Trinajstić information content (AvgIpc) is 2.41. The molecule has 100 valence electrons. The summed E-state index contributed by atoms with van der Waals surface area (Å²) in [6, 6.07) is 3.09. The number of halogens is 3. The third kappa shape index (κ3) is 3.12. The van der Waals surface area contributed by atoms with E-state index in [0.29, 0.717) is 18.2 Å². The van der Waals surface area contributed by atoms with Gasteiger partial charge < -0.3 is 5.32 Å². The van der Waals surface area contributed by atoms with Crippen LogP contribution in [0.3, 0.4) is 0 Å². The summed E-state index contributed by atoms with van der Waals surface area (Å²) in [5, 5.41) is 3.11. The van der Waals surface area contributed by atoms with E-state index >= 15 is 0 Å². The lowest BCUT2D eigenvalue weighted by atomic mass is 10.0. The second-order valence-corrected chi connectivity index (χ2v) is 4.11. The highest BCUT2D eigenvalue weighted by Crippen LogP contribution is 2.25. The molecule has 0 bridgehead atoms.